The molecule has 18 heavy (non-hydrogen) atoms. The third-order valence-corrected chi connectivity index (χ3v) is 3.04. The van der Waals surface area contributed by atoms with Gasteiger partial charge in [0.2, 0.25) is 0 Å². The summed E-state index contributed by atoms with van der Waals surface area (Å²) in [7, 11) is 0. The summed E-state index contributed by atoms with van der Waals surface area (Å²) in [6.07, 6.45) is 3.92. The minimum Gasteiger partial charge on any atom is -0.480 e. The summed E-state index contributed by atoms with van der Waals surface area (Å²) < 4.78 is 0. The van der Waals surface area contributed by atoms with E-state index in [9.17, 15) is 14.7 Å². The van der Waals surface area contributed by atoms with Crippen LogP contribution in [-0.4, -0.2) is 52.9 Å². The van der Waals surface area contributed by atoms with Crippen molar-refractivity contribution in [1.82, 2.24) is 10.6 Å². The number of carboxylic acids is 1. The van der Waals surface area contributed by atoms with Crippen LogP contribution in [-0.2, 0) is 4.79 Å². The van der Waals surface area contributed by atoms with E-state index in [1.165, 1.54) is 6.92 Å². The Morgan fingerprint density at radius 3 is 2.44 bits per heavy atom. The number of nitrogens with one attached hydrogen (secondary N) is 2. The van der Waals surface area contributed by atoms with Gasteiger partial charge in [0.05, 0.1) is 6.10 Å². The molecule has 7 heteroatoms. The monoisotopic (exact) mass is 278 g/mol. The van der Waals surface area contributed by atoms with Gasteiger partial charge in [0.25, 0.3) is 0 Å². The average Bonchev–Trinajstić information content (AvgIpc) is 2.29. The van der Waals surface area contributed by atoms with Gasteiger partial charge in [-0.05, 0) is 31.8 Å². The summed E-state index contributed by atoms with van der Waals surface area (Å²) in [5.74, 6) is -0.143. The molecule has 0 aliphatic carbocycles. The smallest absolute Gasteiger partial charge is 0.328 e. The fourth-order valence-electron chi connectivity index (χ4n) is 1.33. The van der Waals surface area contributed by atoms with E-state index >= 15 is 0 Å². The maximum atomic E-state index is 11.4. The Hall–Kier alpha value is -0.950. The zero-order chi connectivity index (χ0) is 14.0. The van der Waals surface area contributed by atoms with Crippen LogP contribution in [0.25, 0.3) is 0 Å². The van der Waals surface area contributed by atoms with Crippen molar-refractivity contribution in [2.45, 2.75) is 38.3 Å². The second kappa shape index (κ2) is 10.0. The summed E-state index contributed by atoms with van der Waals surface area (Å²) in [6.45, 7) is 1.83. The number of hydrogen-bond acceptors (Lipinski definition) is 4. The van der Waals surface area contributed by atoms with Gasteiger partial charge in [-0.15, -0.1) is 0 Å². The lowest BCUT2D eigenvalue weighted by molar-refractivity contribution is -0.141. The summed E-state index contributed by atoms with van der Waals surface area (Å²) in [5.41, 5.74) is 0. The predicted octanol–water partition coefficient (Wildman–Crippen LogP) is 0.653. The fraction of sp³-hybridized carbons (Fsp3) is 0.818. The van der Waals surface area contributed by atoms with Crippen LogP contribution in [0.5, 0.6) is 0 Å². The van der Waals surface area contributed by atoms with Crippen LogP contribution >= 0.6 is 11.8 Å². The predicted molar refractivity (Wildman–Crippen MR) is 71.9 cm³/mol. The normalized spacial score (nSPS) is 13.7. The van der Waals surface area contributed by atoms with Crippen LogP contribution in [0.3, 0.4) is 0 Å². The van der Waals surface area contributed by atoms with Gasteiger partial charge >= 0.3 is 12.0 Å². The minimum absolute atomic E-state index is 0.506. The summed E-state index contributed by atoms with van der Waals surface area (Å²) >= 11 is 1.79. The molecular formula is C11H22N2O4S. The van der Waals surface area contributed by atoms with Crippen molar-refractivity contribution in [2.24, 2.45) is 0 Å². The maximum Gasteiger partial charge on any atom is 0.328 e. The first kappa shape index (κ1) is 17.1. The maximum absolute atomic E-state index is 11.4. The highest BCUT2D eigenvalue weighted by Crippen LogP contribution is 2.01. The largest absolute Gasteiger partial charge is 0.480 e. The summed E-state index contributed by atoms with van der Waals surface area (Å²) in [6, 6.07) is -1.84. The number of unbranched alkanes of at least 4 members (excludes halogenated alkanes) is 2. The van der Waals surface area contributed by atoms with Crippen molar-refractivity contribution in [2.75, 3.05) is 18.6 Å². The molecule has 0 spiro atoms. The molecule has 0 saturated carbocycles. The van der Waals surface area contributed by atoms with Crippen molar-refractivity contribution < 1.29 is 19.8 Å². The Morgan fingerprint density at radius 2 is 1.94 bits per heavy atom. The molecule has 0 heterocycles. The van der Waals surface area contributed by atoms with E-state index < -0.39 is 24.1 Å². The number of hydrogen-bond donors (Lipinski definition) is 4. The second-order valence-corrected chi connectivity index (χ2v) is 5.00. The average molecular weight is 278 g/mol. The molecule has 0 aromatic heterocycles. The van der Waals surface area contributed by atoms with Gasteiger partial charge in [0.1, 0.15) is 0 Å². The zero-order valence-corrected chi connectivity index (χ0v) is 11.6. The van der Waals surface area contributed by atoms with Gasteiger partial charge in [0, 0.05) is 6.54 Å². The molecule has 6 nitrogen and oxygen atoms in total. The lowest BCUT2D eigenvalue weighted by Crippen LogP contribution is -2.51. The third kappa shape index (κ3) is 8.19. The van der Waals surface area contributed by atoms with E-state index in [1.54, 1.807) is 11.8 Å². The number of carbonyl (C=O) groups is 2. The molecule has 0 radical (unpaired) electrons. The second-order valence-electron chi connectivity index (χ2n) is 4.01. The number of urea groups is 1. The molecule has 2 amide bonds. The van der Waals surface area contributed by atoms with Crippen molar-refractivity contribution in [3.8, 4) is 0 Å². The molecule has 2 atom stereocenters. The first-order chi connectivity index (χ1) is 8.49. The quantitative estimate of drug-likeness (QED) is 0.464. The Kier molecular flexibility index (Phi) is 9.49. The van der Waals surface area contributed by atoms with Gasteiger partial charge in [-0.2, -0.15) is 11.8 Å². The van der Waals surface area contributed by atoms with Crippen molar-refractivity contribution in [3.63, 3.8) is 0 Å². The van der Waals surface area contributed by atoms with E-state index in [2.05, 4.69) is 10.6 Å². The van der Waals surface area contributed by atoms with Crippen LogP contribution < -0.4 is 10.6 Å². The molecule has 0 fully saturated rings. The van der Waals surface area contributed by atoms with Crippen molar-refractivity contribution >= 4 is 23.8 Å². The molecule has 0 aromatic rings. The van der Waals surface area contributed by atoms with Gasteiger partial charge in [-0.25, -0.2) is 9.59 Å². The van der Waals surface area contributed by atoms with Crippen LogP contribution in [0.2, 0.25) is 0 Å². The fourth-order valence-corrected chi connectivity index (χ4v) is 1.82. The molecule has 4 N–H and O–H groups in total. The van der Waals surface area contributed by atoms with Gasteiger partial charge in [-0.1, -0.05) is 6.42 Å². The van der Waals surface area contributed by atoms with Crippen molar-refractivity contribution in [3.05, 3.63) is 0 Å². The number of amides is 2. The Balaban J connectivity index is 3.72. The van der Waals surface area contributed by atoms with Gasteiger partial charge < -0.3 is 20.8 Å². The highest BCUT2D eigenvalue weighted by Gasteiger charge is 2.24. The first-order valence-corrected chi connectivity index (χ1v) is 7.32. The lowest BCUT2D eigenvalue weighted by Gasteiger charge is -2.17. The Labute approximate surface area is 112 Å². The van der Waals surface area contributed by atoms with Crippen LogP contribution in [0.15, 0.2) is 0 Å². The molecule has 2 unspecified atom stereocenters. The van der Waals surface area contributed by atoms with Crippen LogP contribution in [0.4, 0.5) is 4.79 Å². The molecule has 0 saturated heterocycles. The Bertz CT molecular complexity index is 261. The third-order valence-electron chi connectivity index (χ3n) is 2.35. The number of rotatable bonds is 9. The van der Waals surface area contributed by atoms with E-state index in [-0.39, 0.29) is 0 Å². The molecular weight excluding hydrogens is 256 g/mol. The first-order valence-electron chi connectivity index (χ1n) is 5.93. The summed E-state index contributed by atoms with van der Waals surface area (Å²) in [4.78, 5) is 22.1. The molecule has 106 valence electrons. The number of thioether (sulfide) groups is 1. The van der Waals surface area contributed by atoms with Gasteiger partial charge in [-0.3, -0.25) is 0 Å². The van der Waals surface area contributed by atoms with Crippen LogP contribution in [0, 0.1) is 0 Å². The van der Waals surface area contributed by atoms with Crippen LogP contribution in [0.1, 0.15) is 26.2 Å². The van der Waals surface area contributed by atoms with E-state index in [0.29, 0.717) is 6.54 Å². The Morgan fingerprint density at radius 1 is 1.28 bits per heavy atom. The highest BCUT2D eigenvalue weighted by atomic mass is 32.2. The topological polar surface area (TPSA) is 98.7 Å². The van der Waals surface area contributed by atoms with Gasteiger partial charge in [0.15, 0.2) is 6.04 Å². The molecule has 0 aliphatic rings. The molecule has 0 aromatic carbocycles. The number of aliphatic hydroxyl groups excluding tert-OH is 1. The highest BCUT2D eigenvalue weighted by molar-refractivity contribution is 7.98. The summed E-state index contributed by atoms with van der Waals surface area (Å²) in [5, 5.41) is 22.7. The standard InChI is InChI=1S/C11H22N2O4S/c1-8(14)9(10(15)16)13-11(17)12-6-4-3-5-7-18-2/h8-9,14H,3-7H2,1-2H3,(H,15,16)(H2,12,13,17). The number of carbonyl (C=O) groups excluding carboxylic acids is 1. The SMILES string of the molecule is CSCCCCCNC(=O)NC(C(=O)O)C(C)O. The molecule has 0 bridgehead atoms. The zero-order valence-electron chi connectivity index (χ0n) is 10.8. The van der Waals surface area contributed by atoms with E-state index in [1.807, 2.05) is 6.26 Å². The van der Waals surface area contributed by atoms with E-state index in [0.717, 1.165) is 25.0 Å². The minimum atomic E-state index is -1.28. The number of aliphatic carboxylic acids is 1. The molecule has 0 aliphatic heterocycles. The molecule has 0 rings (SSSR count). The van der Waals surface area contributed by atoms with Crippen molar-refractivity contribution in [1.29, 1.82) is 0 Å². The van der Waals surface area contributed by atoms with E-state index in [4.69, 9.17) is 5.11 Å². The number of aliphatic hydroxyl groups is 1. The lowest BCUT2D eigenvalue weighted by atomic mass is 10.2. The number of carboxylic acid groups (broad SMARTS) is 1.